The van der Waals surface area contributed by atoms with E-state index in [0.717, 1.165) is 10.0 Å². The van der Waals surface area contributed by atoms with Gasteiger partial charge in [0, 0.05) is 20.6 Å². The molecule has 0 bridgehead atoms. The molecule has 3 rings (SSSR count). The molecule has 2 N–H and O–H groups in total. The number of hydrazone groups is 1. The van der Waals surface area contributed by atoms with Gasteiger partial charge in [-0.05, 0) is 30.3 Å². The number of aromatic nitrogens is 2. The molecule has 25 heavy (non-hydrogen) atoms. The molecule has 1 amide bonds. The molecule has 0 fully saturated rings. The predicted molar refractivity (Wildman–Crippen MR) is 103 cm³/mol. The molecule has 5 nitrogen and oxygen atoms in total. The SMILES string of the molecule is O=C(N/N=C\c1ccc(Cl)cc1Cl)c1cc(-c2ccc(Br)cc2)n[nH]1. The van der Waals surface area contributed by atoms with Crippen LogP contribution in [0.1, 0.15) is 16.1 Å². The van der Waals surface area contributed by atoms with Crippen molar-refractivity contribution in [2.75, 3.05) is 0 Å². The Balaban J connectivity index is 1.67. The first-order valence-corrected chi connectivity index (χ1v) is 8.67. The number of hydrogen-bond donors (Lipinski definition) is 2. The summed E-state index contributed by atoms with van der Waals surface area (Å²) >= 11 is 15.2. The highest BCUT2D eigenvalue weighted by Crippen LogP contribution is 2.21. The summed E-state index contributed by atoms with van der Waals surface area (Å²) in [5, 5.41) is 11.7. The molecule has 0 aliphatic rings. The van der Waals surface area contributed by atoms with Gasteiger partial charge in [0.2, 0.25) is 0 Å². The maximum Gasteiger partial charge on any atom is 0.289 e. The van der Waals surface area contributed by atoms with Crippen LogP contribution in [0.3, 0.4) is 0 Å². The molecule has 0 spiro atoms. The summed E-state index contributed by atoms with van der Waals surface area (Å²) in [5.41, 5.74) is 4.94. The molecule has 2 aromatic carbocycles. The van der Waals surface area contributed by atoms with Gasteiger partial charge in [0.05, 0.1) is 16.9 Å². The minimum Gasteiger partial charge on any atom is -0.272 e. The van der Waals surface area contributed by atoms with E-state index in [-0.39, 0.29) is 0 Å². The molecule has 0 radical (unpaired) electrons. The Labute approximate surface area is 162 Å². The highest BCUT2D eigenvalue weighted by molar-refractivity contribution is 9.10. The van der Waals surface area contributed by atoms with Gasteiger partial charge in [-0.1, -0.05) is 57.3 Å². The molecule has 0 saturated carbocycles. The zero-order chi connectivity index (χ0) is 17.8. The number of benzene rings is 2. The maximum atomic E-state index is 12.1. The van der Waals surface area contributed by atoms with Crippen molar-refractivity contribution >= 4 is 51.3 Å². The first-order valence-electron chi connectivity index (χ1n) is 7.13. The molecule has 0 aliphatic heterocycles. The van der Waals surface area contributed by atoms with Gasteiger partial charge in [0.25, 0.3) is 5.91 Å². The van der Waals surface area contributed by atoms with Crippen molar-refractivity contribution in [1.82, 2.24) is 15.6 Å². The number of H-pyrrole nitrogens is 1. The number of amides is 1. The predicted octanol–water partition coefficient (Wildman–Crippen LogP) is 4.91. The van der Waals surface area contributed by atoms with Crippen LogP contribution in [0.5, 0.6) is 0 Å². The van der Waals surface area contributed by atoms with Gasteiger partial charge in [-0.2, -0.15) is 10.2 Å². The maximum absolute atomic E-state index is 12.1. The lowest BCUT2D eigenvalue weighted by molar-refractivity contribution is 0.0950. The van der Waals surface area contributed by atoms with E-state index in [0.29, 0.717) is 27.0 Å². The highest BCUT2D eigenvalue weighted by atomic mass is 79.9. The van der Waals surface area contributed by atoms with Crippen LogP contribution in [-0.4, -0.2) is 22.3 Å². The van der Waals surface area contributed by atoms with E-state index in [2.05, 4.69) is 36.7 Å². The van der Waals surface area contributed by atoms with Crippen molar-refractivity contribution in [3.05, 3.63) is 74.3 Å². The molecule has 0 aliphatic carbocycles. The standard InChI is InChI=1S/C17H11BrCl2N4O/c18-12-4-1-10(2-5-12)15-8-16(23-22-15)17(25)24-21-9-11-3-6-13(19)7-14(11)20/h1-9H,(H,22,23)(H,24,25)/b21-9-. The summed E-state index contributed by atoms with van der Waals surface area (Å²) in [6.07, 6.45) is 1.45. The number of aromatic amines is 1. The van der Waals surface area contributed by atoms with Crippen LogP contribution in [0.25, 0.3) is 11.3 Å². The number of nitrogens with one attached hydrogen (secondary N) is 2. The molecule has 0 atom stereocenters. The number of nitrogens with zero attached hydrogens (tertiary/aromatic N) is 2. The van der Waals surface area contributed by atoms with Crippen LogP contribution in [0.15, 0.2) is 58.1 Å². The van der Waals surface area contributed by atoms with Crippen LogP contribution in [0, 0.1) is 0 Å². The molecule has 126 valence electrons. The van der Waals surface area contributed by atoms with E-state index in [4.69, 9.17) is 23.2 Å². The van der Waals surface area contributed by atoms with E-state index < -0.39 is 5.91 Å². The third-order valence-electron chi connectivity index (χ3n) is 3.29. The normalized spacial score (nSPS) is 11.0. The van der Waals surface area contributed by atoms with Crippen LogP contribution < -0.4 is 5.43 Å². The van der Waals surface area contributed by atoms with Gasteiger partial charge >= 0.3 is 0 Å². The molecule has 8 heteroatoms. The van der Waals surface area contributed by atoms with E-state index in [9.17, 15) is 4.79 Å². The zero-order valence-electron chi connectivity index (χ0n) is 12.6. The lowest BCUT2D eigenvalue weighted by Crippen LogP contribution is -2.18. The summed E-state index contributed by atoms with van der Waals surface area (Å²) in [5.74, 6) is -0.405. The molecule has 0 saturated heterocycles. The minimum absolute atomic E-state index is 0.303. The number of carbonyl (C=O) groups is 1. The molecule has 3 aromatic rings. The number of rotatable bonds is 4. The third-order valence-corrected chi connectivity index (χ3v) is 4.39. The van der Waals surface area contributed by atoms with Crippen molar-refractivity contribution in [3.63, 3.8) is 0 Å². The fourth-order valence-corrected chi connectivity index (χ4v) is 2.76. The summed E-state index contributed by atoms with van der Waals surface area (Å²) in [6, 6.07) is 14.3. The first-order chi connectivity index (χ1) is 12.0. The van der Waals surface area contributed by atoms with Gasteiger partial charge in [-0.15, -0.1) is 0 Å². The lowest BCUT2D eigenvalue weighted by atomic mass is 10.1. The number of hydrogen-bond acceptors (Lipinski definition) is 3. The molecule has 0 unspecified atom stereocenters. The Morgan fingerprint density at radius 2 is 1.92 bits per heavy atom. The summed E-state index contributed by atoms with van der Waals surface area (Å²) < 4.78 is 0.972. The fraction of sp³-hybridized carbons (Fsp3) is 0. The second-order valence-corrected chi connectivity index (χ2v) is 6.80. The van der Waals surface area contributed by atoms with E-state index in [1.54, 1.807) is 24.3 Å². The van der Waals surface area contributed by atoms with Gasteiger partial charge < -0.3 is 0 Å². The highest BCUT2D eigenvalue weighted by Gasteiger charge is 2.10. The Bertz CT molecular complexity index is 938. The summed E-state index contributed by atoms with van der Waals surface area (Å²) in [6.45, 7) is 0. The Kier molecular flexibility index (Phi) is 5.53. The zero-order valence-corrected chi connectivity index (χ0v) is 15.7. The topological polar surface area (TPSA) is 70.1 Å². The second-order valence-electron chi connectivity index (χ2n) is 5.04. The van der Waals surface area contributed by atoms with Gasteiger partial charge in [0.15, 0.2) is 0 Å². The van der Waals surface area contributed by atoms with Crippen molar-refractivity contribution in [3.8, 4) is 11.3 Å². The minimum atomic E-state index is -0.405. The van der Waals surface area contributed by atoms with Gasteiger partial charge in [-0.25, -0.2) is 5.43 Å². The molecular formula is C17H11BrCl2N4O. The van der Waals surface area contributed by atoms with E-state index >= 15 is 0 Å². The quantitative estimate of drug-likeness (QED) is 0.449. The molecule has 1 heterocycles. The monoisotopic (exact) mass is 436 g/mol. The van der Waals surface area contributed by atoms with Crippen LogP contribution in [0.2, 0.25) is 10.0 Å². The summed E-state index contributed by atoms with van der Waals surface area (Å²) in [4.78, 5) is 12.1. The van der Waals surface area contributed by atoms with Gasteiger partial charge in [-0.3, -0.25) is 9.89 Å². The first kappa shape index (κ1) is 17.7. The third kappa shape index (κ3) is 4.48. The number of carbonyl (C=O) groups excluding carboxylic acids is 1. The van der Waals surface area contributed by atoms with Crippen molar-refractivity contribution in [1.29, 1.82) is 0 Å². The van der Waals surface area contributed by atoms with E-state index in [1.165, 1.54) is 6.21 Å². The Hall–Kier alpha value is -2.15. The van der Waals surface area contributed by atoms with Crippen LogP contribution in [-0.2, 0) is 0 Å². The smallest absolute Gasteiger partial charge is 0.272 e. The van der Waals surface area contributed by atoms with E-state index in [1.807, 2.05) is 24.3 Å². The van der Waals surface area contributed by atoms with Crippen LogP contribution >= 0.6 is 39.1 Å². The largest absolute Gasteiger partial charge is 0.289 e. The van der Waals surface area contributed by atoms with Crippen LogP contribution in [0.4, 0.5) is 0 Å². The fourth-order valence-electron chi connectivity index (χ4n) is 2.03. The number of halogens is 3. The Morgan fingerprint density at radius 1 is 1.16 bits per heavy atom. The van der Waals surface area contributed by atoms with Gasteiger partial charge in [0.1, 0.15) is 5.69 Å². The Morgan fingerprint density at radius 3 is 2.64 bits per heavy atom. The second kappa shape index (κ2) is 7.82. The average Bonchev–Trinajstić information content (AvgIpc) is 3.07. The summed E-state index contributed by atoms with van der Waals surface area (Å²) in [7, 11) is 0. The van der Waals surface area contributed by atoms with Crippen molar-refractivity contribution < 1.29 is 4.79 Å². The van der Waals surface area contributed by atoms with Crippen molar-refractivity contribution in [2.45, 2.75) is 0 Å². The lowest BCUT2D eigenvalue weighted by Gasteiger charge is -1.99. The molecule has 1 aromatic heterocycles. The van der Waals surface area contributed by atoms with Crippen molar-refractivity contribution in [2.24, 2.45) is 5.10 Å². The molecular weight excluding hydrogens is 427 g/mol. The average molecular weight is 438 g/mol.